The summed E-state index contributed by atoms with van der Waals surface area (Å²) in [6.07, 6.45) is -1.18. The van der Waals surface area contributed by atoms with Crippen LogP contribution in [0.3, 0.4) is 0 Å². The molecule has 2 rings (SSSR count). The molecule has 0 aliphatic carbocycles. The maximum absolute atomic E-state index is 12.3. The van der Waals surface area contributed by atoms with E-state index in [-0.39, 0.29) is 12.5 Å². The number of amides is 3. The van der Waals surface area contributed by atoms with Crippen LogP contribution >= 0.6 is 11.6 Å². The number of urea groups is 1. The zero-order valence-corrected chi connectivity index (χ0v) is 17.0. The van der Waals surface area contributed by atoms with Gasteiger partial charge in [-0.25, -0.2) is 4.79 Å². The number of benzene rings is 2. The number of ether oxygens (including phenoxy) is 1. The molecule has 0 heterocycles. The van der Waals surface area contributed by atoms with Gasteiger partial charge < -0.3 is 21.1 Å². The van der Waals surface area contributed by atoms with Crippen LogP contribution in [0.1, 0.15) is 43.5 Å². The van der Waals surface area contributed by atoms with Crippen molar-refractivity contribution in [3.63, 3.8) is 0 Å². The lowest BCUT2D eigenvalue weighted by Gasteiger charge is -2.20. The number of nitrogens with two attached hydrogens (primary N) is 1. The van der Waals surface area contributed by atoms with Crippen LogP contribution in [0.5, 0.6) is 0 Å². The van der Waals surface area contributed by atoms with E-state index < -0.39 is 30.1 Å². The number of halogens is 1. The highest BCUT2D eigenvalue weighted by Gasteiger charge is 2.23. The minimum atomic E-state index is -0.992. The van der Waals surface area contributed by atoms with Gasteiger partial charge in [0, 0.05) is 5.02 Å². The average Bonchev–Trinajstić information content (AvgIpc) is 2.68. The molecule has 0 spiro atoms. The fourth-order valence-corrected chi connectivity index (χ4v) is 2.87. The Kier molecular flexibility index (Phi) is 8.03. The molecule has 8 heteroatoms. The lowest BCUT2D eigenvalue weighted by Crippen LogP contribution is -2.38. The standard InChI is InChI=1S/C21H24ClN3O4/c1-13(15-6-4-3-5-7-15)24-20(27)14(2)29-19(26)12-18(25-21(23)28)16-8-10-17(22)11-9-16/h3-11,13-14,18H,12H2,1-2H3,(H,24,27)(H3,23,25,28). The normalized spacial score (nSPS) is 13.6. The largest absolute Gasteiger partial charge is 0.452 e. The topological polar surface area (TPSA) is 111 Å². The number of carbonyl (C=O) groups is 3. The molecule has 0 aliphatic heterocycles. The van der Waals surface area contributed by atoms with E-state index in [0.29, 0.717) is 10.6 Å². The summed E-state index contributed by atoms with van der Waals surface area (Å²) < 4.78 is 5.24. The number of esters is 1. The SMILES string of the molecule is CC(OC(=O)CC(NC(N)=O)c1ccc(Cl)cc1)C(=O)NC(C)c1ccccc1. The molecule has 0 bridgehead atoms. The first kappa shape index (κ1) is 22.2. The smallest absolute Gasteiger partial charge is 0.312 e. The van der Waals surface area contributed by atoms with Crippen LogP contribution in [-0.4, -0.2) is 24.0 Å². The van der Waals surface area contributed by atoms with Crippen molar-refractivity contribution in [2.75, 3.05) is 0 Å². The molecule has 0 saturated carbocycles. The Morgan fingerprint density at radius 1 is 0.966 bits per heavy atom. The third-order valence-electron chi connectivity index (χ3n) is 4.30. The molecule has 0 saturated heterocycles. The van der Waals surface area contributed by atoms with Crippen LogP contribution < -0.4 is 16.4 Å². The maximum Gasteiger partial charge on any atom is 0.312 e. The Hall–Kier alpha value is -3.06. The number of carbonyl (C=O) groups excluding carboxylic acids is 3. The van der Waals surface area contributed by atoms with Crippen LogP contribution in [0.15, 0.2) is 54.6 Å². The Morgan fingerprint density at radius 2 is 1.59 bits per heavy atom. The summed E-state index contributed by atoms with van der Waals surface area (Å²) in [7, 11) is 0. The number of rotatable bonds is 8. The van der Waals surface area contributed by atoms with E-state index in [1.165, 1.54) is 6.92 Å². The van der Waals surface area contributed by atoms with Gasteiger partial charge in [-0.1, -0.05) is 54.1 Å². The van der Waals surface area contributed by atoms with E-state index in [0.717, 1.165) is 5.56 Å². The first-order valence-corrected chi connectivity index (χ1v) is 9.50. The van der Waals surface area contributed by atoms with Gasteiger partial charge in [0.15, 0.2) is 6.10 Å². The van der Waals surface area contributed by atoms with Crippen LogP contribution in [0.4, 0.5) is 4.79 Å². The molecule has 0 radical (unpaired) electrons. The van der Waals surface area contributed by atoms with E-state index >= 15 is 0 Å². The Balaban J connectivity index is 1.94. The van der Waals surface area contributed by atoms with E-state index in [2.05, 4.69) is 10.6 Å². The zero-order chi connectivity index (χ0) is 21.4. The second-order valence-electron chi connectivity index (χ2n) is 6.59. The molecule has 2 aromatic carbocycles. The monoisotopic (exact) mass is 417 g/mol. The lowest BCUT2D eigenvalue weighted by atomic mass is 10.0. The van der Waals surface area contributed by atoms with Crippen molar-refractivity contribution in [1.29, 1.82) is 0 Å². The first-order chi connectivity index (χ1) is 13.8. The summed E-state index contributed by atoms with van der Waals surface area (Å²) in [6.45, 7) is 3.33. The maximum atomic E-state index is 12.3. The molecule has 0 fully saturated rings. The van der Waals surface area contributed by atoms with Crippen molar-refractivity contribution in [1.82, 2.24) is 10.6 Å². The lowest BCUT2D eigenvalue weighted by molar-refractivity contribution is -0.155. The van der Waals surface area contributed by atoms with Gasteiger partial charge in [-0.05, 0) is 37.1 Å². The highest BCUT2D eigenvalue weighted by atomic mass is 35.5. The van der Waals surface area contributed by atoms with Crippen LogP contribution in [0.25, 0.3) is 0 Å². The molecule has 4 N–H and O–H groups in total. The molecule has 3 amide bonds. The fraction of sp³-hybridized carbons (Fsp3) is 0.286. The quantitative estimate of drug-likeness (QED) is 0.572. The molecule has 29 heavy (non-hydrogen) atoms. The van der Waals surface area contributed by atoms with E-state index in [1.54, 1.807) is 24.3 Å². The van der Waals surface area contributed by atoms with Crippen molar-refractivity contribution in [3.05, 3.63) is 70.7 Å². The number of primary amides is 1. The third kappa shape index (κ3) is 7.12. The number of nitrogens with one attached hydrogen (secondary N) is 2. The highest BCUT2D eigenvalue weighted by molar-refractivity contribution is 6.30. The summed E-state index contributed by atoms with van der Waals surface area (Å²) in [5, 5.41) is 5.82. The Bertz CT molecular complexity index is 843. The predicted octanol–water partition coefficient (Wildman–Crippen LogP) is 3.25. The van der Waals surface area contributed by atoms with Gasteiger partial charge in [-0.3, -0.25) is 9.59 Å². The van der Waals surface area contributed by atoms with Crippen molar-refractivity contribution < 1.29 is 19.1 Å². The molecule has 0 aliphatic rings. The molecule has 3 atom stereocenters. The minimum Gasteiger partial charge on any atom is -0.452 e. The number of hydrogen-bond donors (Lipinski definition) is 3. The molecular weight excluding hydrogens is 394 g/mol. The molecule has 3 unspecified atom stereocenters. The Morgan fingerprint density at radius 3 is 2.17 bits per heavy atom. The predicted molar refractivity (Wildman–Crippen MR) is 110 cm³/mol. The molecule has 154 valence electrons. The fourth-order valence-electron chi connectivity index (χ4n) is 2.74. The van der Waals surface area contributed by atoms with Crippen molar-refractivity contribution >= 4 is 29.5 Å². The average molecular weight is 418 g/mol. The highest BCUT2D eigenvalue weighted by Crippen LogP contribution is 2.20. The van der Waals surface area contributed by atoms with Gasteiger partial charge in [0.05, 0.1) is 18.5 Å². The van der Waals surface area contributed by atoms with Gasteiger partial charge in [0.25, 0.3) is 5.91 Å². The molecule has 7 nitrogen and oxygen atoms in total. The van der Waals surface area contributed by atoms with Gasteiger partial charge in [-0.2, -0.15) is 0 Å². The summed E-state index contributed by atoms with van der Waals surface area (Å²) in [5.41, 5.74) is 6.78. The van der Waals surface area contributed by atoms with E-state index in [4.69, 9.17) is 22.1 Å². The Labute approximate surface area is 174 Å². The summed E-state index contributed by atoms with van der Waals surface area (Å²) in [6, 6.07) is 14.4. The van der Waals surface area contributed by atoms with E-state index in [9.17, 15) is 14.4 Å². The van der Waals surface area contributed by atoms with Crippen LogP contribution in [0, 0.1) is 0 Å². The second kappa shape index (κ2) is 10.5. The van der Waals surface area contributed by atoms with Crippen LogP contribution in [0.2, 0.25) is 5.02 Å². The molecular formula is C21H24ClN3O4. The van der Waals surface area contributed by atoms with Crippen molar-refractivity contribution in [3.8, 4) is 0 Å². The van der Waals surface area contributed by atoms with Gasteiger partial charge in [-0.15, -0.1) is 0 Å². The van der Waals surface area contributed by atoms with Crippen LogP contribution in [-0.2, 0) is 14.3 Å². The van der Waals surface area contributed by atoms with Crippen molar-refractivity contribution in [2.45, 2.75) is 38.5 Å². The van der Waals surface area contributed by atoms with Gasteiger partial charge >= 0.3 is 12.0 Å². The number of hydrogen-bond acceptors (Lipinski definition) is 4. The molecule has 0 aromatic heterocycles. The summed E-state index contributed by atoms with van der Waals surface area (Å²) >= 11 is 5.87. The summed E-state index contributed by atoms with van der Waals surface area (Å²) in [4.78, 5) is 36.0. The summed E-state index contributed by atoms with van der Waals surface area (Å²) in [5.74, 6) is -1.06. The van der Waals surface area contributed by atoms with Gasteiger partial charge in [0.1, 0.15) is 0 Å². The third-order valence-corrected chi connectivity index (χ3v) is 4.55. The van der Waals surface area contributed by atoms with Crippen molar-refractivity contribution in [2.24, 2.45) is 5.73 Å². The second-order valence-corrected chi connectivity index (χ2v) is 7.03. The minimum absolute atomic E-state index is 0.184. The molecule has 2 aromatic rings. The first-order valence-electron chi connectivity index (χ1n) is 9.12. The van der Waals surface area contributed by atoms with Gasteiger partial charge in [0.2, 0.25) is 0 Å². The van der Waals surface area contributed by atoms with E-state index in [1.807, 2.05) is 37.3 Å². The zero-order valence-electron chi connectivity index (χ0n) is 16.2.